The van der Waals surface area contributed by atoms with Crippen molar-refractivity contribution in [3.05, 3.63) is 29.8 Å². The normalized spacial score (nSPS) is 21.4. The minimum absolute atomic E-state index is 0.417. The van der Waals surface area contributed by atoms with E-state index in [1.807, 2.05) is 7.05 Å². The summed E-state index contributed by atoms with van der Waals surface area (Å²) in [6.07, 6.45) is 6.69. The molecule has 1 fully saturated rings. The van der Waals surface area contributed by atoms with E-state index in [2.05, 4.69) is 48.3 Å². The maximum atomic E-state index is 3.38. The van der Waals surface area contributed by atoms with Crippen molar-refractivity contribution in [3.63, 3.8) is 0 Å². The maximum Gasteiger partial charge on any atom is 0.0417 e. The fraction of sp³-hybridized carbons (Fsp3) is 0.647. The lowest BCUT2D eigenvalue weighted by atomic mass is 9.95. The summed E-state index contributed by atoms with van der Waals surface area (Å²) in [6.45, 7) is 5.77. The molecule has 1 aliphatic rings. The van der Waals surface area contributed by atoms with Crippen molar-refractivity contribution >= 4 is 5.69 Å². The van der Waals surface area contributed by atoms with Gasteiger partial charge in [0.15, 0.2) is 0 Å². The Bertz CT molecular complexity index is 387. The highest BCUT2D eigenvalue weighted by atomic mass is 15.2. The van der Waals surface area contributed by atoms with E-state index in [0.29, 0.717) is 6.04 Å². The zero-order chi connectivity index (χ0) is 13.7. The summed E-state index contributed by atoms with van der Waals surface area (Å²) >= 11 is 0. The molecule has 1 aromatic carbocycles. The first kappa shape index (κ1) is 14.4. The van der Waals surface area contributed by atoms with Crippen molar-refractivity contribution in [2.75, 3.05) is 18.5 Å². The van der Waals surface area contributed by atoms with Crippen LogP contribution in [0.3, 0.4) is 0 Å². The summed E-state index contributed by atoms with van der Waals surface area (Å²) in [5.74, 6) is 0. The number of benzene rings is 1. The number of anilines is 1. The van der Waals surface area contributed by atoms with Gasteiger partial charge in [-0.2, -0.15) is 0 Å². The molecule has 0 saturated carbocycles. The molecule has 1 heterocycles. The number of hydrogen-bond acceptors (Lipinski definition) is 2. The Balaban J connectivity index is 2.28. The van der Waals surface area contributed by atoms with Crippen molar-refractivity contribution in [1.29, 1.82) is 0 Å². The van der Waals surface area contributed by atoms with Gasteiger partial charge in [-0.3, -0.25) is 0 Å². The molecular weight excluding hydrogens is 232 g/mol. The summed E-state index contributed by atoms with van der Waals surface area (Å²) < 4.78 is 0. The van der Waals surface area contributed by atoms with Crippen molar-refractivity contribution in [3.8, 4) is 0 Å². The molecule has 2 heteroatoms. The third-order valence-electron chi connectivity index (χ3n) is 4.39. The molecule has 2 atom stereocenters. The molecule has 0 aromatic heterocycles. The van der Waals surface area contributed by atoms with Gasteiger partial charge >= 0.3 is 0 Å². The predicted octanol–water partition coefficient (Wildman–Crippen LogP) is 4.13. The SMILES string of the molecule is CCCC1CCCCN1c1ccccc1C(C)NC. The summed E-state index contributed by atoms with van der Waals surface area (Å²) in [4.78, 5) is 2.66. The number of nitrogens with zero attached hydrogens (tertiary/aromatic N) is 1. The molecule has 2 nitrogen and oxygen atoms in total. The standard InChI is InChI=1S/C17H28N2/c1-4-9-15-10-7-8-13-19(15)17-12-6-5-11-16(17)14(2)18-3/h5-6,11-12,14-15,18H,4,7-10,13H2,1-3H3. The average Bonchev–Trinajstić information content (AvgIpc) is 2.47. The molecule has 1 aliphatic heterocycles. The van der Waals surface area contributed by atoms with Gasteiger partial charge in [-0.1, -0.05) is 31.5 Å². The summed E-state index contributed by atoms with van der Waals surface area (Å²) in [7, 11) is 2.04. The number of piperidine rings is 1. The fourth-order valence-electron chi connectivity index (χ4n) is 3.22. The van der Waals surface area contributed by atoms with Crippen LogP contribution in [0.1, 0.15) is 57.6 Å². The summed E-state index contributed by atoms with van der Waals surface area (Å²) in [6, 6.07) is 10.1. The Labute approximate surface area is 118 Å². The molecule has 0 spiro atoms. The minimum atomic E-state index is 0.417. The second-order valence-corrected chi connectivity index (χ2v) is 5.70. The third kappa shape index (κ3) is 3.30. The molecule has 1 aromatic rings. The van der Waals surface area contributed by atoms with Crippen LogP contribution in [-0.2, 0) is 0 Å². The lowest BCUT2D eigenvalue weighted by Gasteiger charge is -2.39. The largest absolute Gasteiger partial charge is 0.368 e. The molecule has 1 saturated heterocycles. The number of nitrogens with one attached hydrogen (secondary N) is 1. The van der Waals surface area contributed by atoms with Gasteiger partial charge in [0.1, 0.15) is 0 Å². The smallest absolute Gasteiger partial charge is 0.0417 e. The molecule has 0 radical (unpaired) electrons. The second-order valence-electron chi connectivity index (χ2n) is 5.70. The molecule has 0 amide bonds. The van der Waals surface area contributed by atoms with E-state index >= 15 is 0 Å². The first-order valence-corrected chi connectivity index (χ1v) is 7.80. The van der Waals surface area contributed by atoms with Crippen LogP contribution in [0, 0.1) is 0 Å². The summed E-state index contributed by atoms with van der Waals surface area (Å²) in [5.41, 5.74) is 2.88. The van der Waals surface area contributed by atoms with Gasteiger partial charge in [-0.05, 0) is 51.3 Å². The van der Waals surface area contributed by atoms with Crippen LogP contribution in [0.25, 0.3) is 0 Å². The molecule has 2 rings (SSSR count). The Hall–Kier alpha value is -1.02. The van der Waals surface area contributed by atoms with E-state index in [4.69, 9.17) is 0 Å². The van der Waals surface area contributed by atoms with Crippen molar-refractivity contribution in [1.82, 2.24) is 5.32 Å². The van der Waals surface area contributed by atoms with E-state index < -0.39 is 0 Å². The lowest BCUT2D eigenvalue weighted by Crippen LogP contribution is -2.40. The Morgan fingerprint density at radius 3 is 2.84 bits per heavy atom. The van der Waals surface area contributed by atoms with Crippen molar-refractivity contribution in [2.24, 2.45) is 0 Å². The first-order valence-electron chi connectivity index (χ1n) is 7.80. The van der Waals surface area contributed by atoms with E-state index in [9.17, 15) is 0 Å². The summed E-state index contributed by atoms with van der Waals surface area (Å²) in [5, 5.41) is 3.38. The quantitative estimate of drug-likeness (QED) is 0.856. The van der Waals surface area contributed by atoms with Crippen LogP contribution in [0.15, 0.2) is 24.3 Å². The molecule has 19 heavy (non-hydrogen) atoms. The Morgan fingerprint density at radius 2 is 2.11 bits per heavy atom. The minimum Gasteiger partial charge on any atom is -0.368 e. The number of rotatable bonds is 5. The maximum absolute atomic E-state index is 3.38. The van der Waals surface area contributed by atoms with E-state index in [-0.39, 0.29) is 0 Å². The van der Waals surface area contributed by atoms with E-state index in [1.165, 1.54) is 49.9 Å². The first-order chi connectivity index (χ1) is 9.27. The number of hydrogen-bond donors (Lipinski definition) is 1. The van der Waals surface area contributed by atoms with Gasteiger partial charge < -0.3 is 10.2 Å². The van der Waals surface area contributed by atoms with Crippen LogP contribution in [-0.4, -0.2) is 19.6 Å². The van der Waals surface area contributed by atoms with Gasteiger partial charge in [0.05, 0.1) is 0 Å². The highest BCUT2D eigenvalue weighted by molar-refractivity contribution is 5.56. The van der Waals surface area contributed by atoms with E-state index in [0.717, 1.165) is 6.04 Å². The van der Waals surface area contributed by atoms with Gasteiger partial charge in [0.25, 0.3) is 0 Å². The van der Waals surface area contributed by atoms with Crippen LogP contribution >= 0.6 is 0 Å². The van der Waals surface area contributed by atoms with Gasteiger partial charge in [0.2, 0.25) is 0 Å². The monoisotopic (exact) mass is 260 g/mol. The van der Waals surface area contributed by atoms with Crippen LogP contribution in [0.5, 0.6) is 0 Å². The molecule has 1 N–H and O–H groups in total. The highest BCUT2D eigenvalue weighted by Crippen LogP contribution is 2.32. The van der Waals surface area contributed by atoms with Gasteiger partial charge in [0, 0.05) is 24.3 Å². The Kier molecular flexibility index (Phi) is 5.26. The third-order valence-corrected chi connectivity index (χ3v) is 4.39. The number of para-hydroxylation sites is 1. The topological polar surface area (TPSA) is 15.3 Å². The highest BCUT2D eigenvalue weighted by Gasteiger charge is 2.24. The molecular formula is C17H28N2. The zero-order valence-electron chi connectivity index (χ0n) is 12.7. The Morgan fingerprint density at radius 1 is 1.32 bits per heavy atom. The predicted molar refractivity (Wildman–Crippen MR) is 83.8 cm³/mol. The molecule has 0 aliphatic carbocycles. The fourth-order valence-corrected chi connectivity index (χ4v) is 3.22. The molecule has 2 unspecified atom stereocenters. The average molecular weight is 260 g/mol. The van der Waals surface area contributed by atoms with Gasteiger partial charge in [-0.15, -0.1) is 0 Å². The van der Waals surface area contributed by atoms with Crippen LogP contribution in [0.2, 0.25) is 0 Å². The van der Waals surface area contributed by atoms with Crippen LogP contribution in [0.4, 0.5) is 5.69 Å². The zero-order valence-corrected chi connectivity index (χ0v) is 12.7. The van der Waals surface area contributed by atoms with Crippen LogP contribution < -0.4 is 10.2 Å². The molecule has 0 bridgehead atoms. The van der Waals surface area contributed by atoms with Crippen molar-refractivity contribution in [2.45, 2.75) is 58.0 Å². The lowest BCUT2D eigenvalue weighted by molar-refractivity contribution is 0.433. The molecule has 106 valence electrons. The van der Waals surface area contributed by atoms with Crippen molar-refractivity contribution < 1.29 is 0 Å². The second kappa shape index (κ2) is 6.95. The van der Waals surface area contributed by atoms with E-state index in [1.54, 1.807) is 0 Å². The van der Waals surface area contributed by atoms with Gasteiger partial charge in [-0.25, -0.2) is 0 Å².